The summed E-state index contributed by atoms with van der Waals surface area (Å²) >= 11 is 6.01. The average molecular weight is 266 g/mol. The molecule has 3 nitrogen and oxygen atoms in total. The molecule has 0 aliphatic carbocycles. The van der Waals surface area contributed by atoms with Crippen LogP contribution in [-0.4, -0.2) is 16.1 Å². The number of unbranched alkanes of at least 4 members (excludes halogenated alkanes) is 2. The van der Waals surface area contributed by atoms with Gasteiger partial charge in [0.15, 0.2) is 0 Å². The van der Waals surface area contributed by atoms with E-state index < -0.39 is 0 Å². The Balaban J connectivity index is 2.21. The summed E-state index contributed by atoms with van der Waals surface area (Å²) in [6.45, 7) is 3.88. The van der Waals surface area contributed by atoms with Gasteiger partial charge in [0.1, 0.15) is 5.82 Å². The number of hydrogen-bond acceptors (Lipinski definition) is 2. The maximum Gasteiger partial charge on any atom is 0.109 e. The largest absolute Gasteiger partial charge is 0.330 e. The fraction of sp³-hybridized carbons (Fsp3) is 0.500. The van der Waals surface area contributed by atoms with Crippen LogP contribution in [0.4, 0.5) is 0 Å². The van der Waals surface area contributed by atoms with Crippen LogP contribution in [0.25, 0.3) is 11.0 Å². The lowest BCUT2D eigenvalue weighted by Gasteiger charge is -2.05. The lowest BCUT2D eigenvalue weighted by atomic mass is 10.2. The van der Waals surface area contributed by atoms with Crippen molar-refractivity contribution in [3.8, 4) is 0 Å². The van der Waals surface area contributed by atoms with Crippen LogP contribution >= 0.6 is 11.6 Å². The number of imidazole rings is 1. The topological polar surface area (TPSA) is 43.8 Å². The minimum atomic E-state index is 0.748. The van der Waals surface area contributed by atoms with Crippen LogP contribution in [-0.2, 0) is 13.0 Å². The monoisotopic (exact) mass is 265 g/mol. The summed E-state index contributed by atoms with van der Waals surface area (Å²) in [5, 5.41) is 0.748. The van der Waals surface area contributed by atoms with Crippen LogP contribution in [0.5, 0.6) is 0 Å². The molecule has 0 spiro atoms. The van der Waals surface area contributed by atoms with Crippen LogP contribution in [0.3, 0.4) is 0 Å². The number of benzene rings is 1. The van der Waals surface area contributed by atoms with Gasteiger partial charge in [-0.1, -0.05) is 18.0 Å². The molecule has 2 aromatic rings. The van der Waals surface area contributed by atoms with Gasteiger partial charge in [0.2, 0.25) is 0 Å². The first-order chi connectivity index (χ1) is 8.76. The maximum absolute atomic E-state index is 6.01. The Bertz CT molecular complexity index is 519. The molecule has 0 fully saturated rings. The summed E-state index contributed by atoms with van der Waals surface area (Å²) in [5.74, 6) is 1.16. The zero-order valence-corrected chi connectivity index (χ0v) is 11.6. The molecule has 0 unspecified atom stereocenters. The first-order valence-electron chi connectivity index (χ1n) is 6.61. The molecule has 1 aromatic carbocycles. The van der Waals surface area contributed by atoms with Gasteiger partial charge >= 0.3 is 0 Å². The number of hydrogen-bond donors (Lipinski definition) is 1. The highest BCUT2D eigenvalue weighted by atomic mass is 35.5. The summed E-state index contributed by atoms with van der Waals surface area (Å²) in [6, 6.07) is 5.92. The molecule has 0 bridgehead atoms. The highest BCUT2D eigenvalue weighted by Gasteiger charge is 2.09. The third-order valence-electron chi connectivity index (χ3n) is 3.21. The summed E-state index contributed by atoms with van der Waals surface area (Å²) in [6.07, 6.45) is 4.43. The molecular weight excluding hydrogens is 246 g/mol. The van der Waals surface area contributed by atoms with Gasteiger partial charge in [-0.25, -0.2) is 4.98 Å². The number of aromatic nitrogens is 2. The van der Waals surface area contributed by atoms with E-state index >= 15 is 0 Å². The molecule has 0 saturated heterocycles. The molecule has 1 heterocycles. The molecule has 1 aromatic heterocycles. The highest BCUT2D eigenvalue weighted by molar-refractivity contribution is 6.31. The molecule has 0 amide bonds. The lowest BCUT2D eigenvalue weighted by Crippen LogP contribution is -2.03. The van der Waals surface area contributed by atoms with Crippen molar-refractivity contribution in [1.82, 2.24) is 9.55 Å². The van der Waals surface area contributed by atoms with Crippen molar-refractivity contribution < 1.29 is 0 Å². The SMILES string of the molecule is CCn1c(CCCCCN)nc2cc(Cl)ccc21. The molecule has 98 valence electrons. The normalized spacial score (nSPS) is 11.3. The molecule has 0 radical (unpaired) electrons. The Morgan fingerprint density at radius 1 is 1.28 bits per heavy atom. The van der Waals surface area contributed by atoms with Crippen molar-refractivity contribution in [2.75, 3.05) is 6.54 Å². The smallest absolute Gasteiger partial charge is 0.109 e. The van der Waals surface area contributed by atoms with Crippen LogP contribution in [0.1, 0.15) is 32.0 Å². The Hall–Kier alpha value is -1.06. The standard InChI is InChI=1S/C14H20ClN3/c1-2-18-13-8-7-11(15)10-12(13)17-14(18)6-4-3-5-9-16/h7-8,10H,2-6,9,16H2,1H3. The fourth-order valence-electron chi connectivity index (χ4n) is 2.30. The predicted octanol–water partition coefficient (Wildman–Crippen LogP) is 3.38. The van der Waals surface area contributed by atoms with Crippen LogP contribution in [0.2, 0.25) is 5.02 Å². The minimum Gasteiger partial charge on any atom is -0.330 e. The van der Waals surface area contributed by atoms with Gasteiger partial charge < -0.3 is 10.3 Å². The Morgan fingerprint density at radius 3 is 2.83 bits per heavy atom. The van der Waals surface area contributed by atoms with Crippen LogP contribution in [0, 0.1) is 0 Å². The van der Waals surface area contributed by atoms with Gasteiger partial charge in [-0.3, -0.25) is 0 Å². The summed E-state index contributed by atoms with van der Waals surface area (Å²) in [5.41, 5.74) is 7.68. The van der Waals surface area contributed by atoms with E-state index in [-0.39, 0.29) is 0 Å². The maximum atomic E-state index is 6.01. The van der Waals surface area contributed by atoms with Crippen molar-refractivity contribution in [1.29, 1.82) is 0 Å². The molecule has 0 saturated carbocycles. The first-order valence-corrected chi connectivity index (χ1v) is 6.98. The van der Waals surface area contributed by atoms with Crippen molar-refractivity contribution in [2.24, 2.45) is 5.73 Å². The van der Waals surface area contributed by atoms with Gasteiger partial charge in [-0.05, 0) is 44.5 Å². The first kappa shape index (κ1) is 13.4. The van der Waals surface area contributed by atoms with E-state index in [1.807, 2.05) is 12.1 Å². The minimum absolute atomic E-state index is 0.748. The van der Waals surface area contributed by atoms with E-state index in [9.17, 15) is 0 Å². The molecule has 0 aliphatic rings. The highest BCUT2D eigenvalue weighted by Crippen LogP contribution is 2.21. The van der Waals surface area contributed by atoms with Crippen molar-refractivity contribution in [3.05, 3.63) is 29.0 Å². The second-order valence-electron chi connectivity index (χ2n) is 4.50. The van der Waals surface area contributed by atoms with Crippen molar-refractivity contribution in [3.63, 3.8) is 0 Å². The van der Waals surface area contributed by atoms with Gasteiger partial charge in [0, 0.05) is 18.0 Å². The van der Waals surface area contributed by atoms with Crippen molar-refractivity contribution >= 4 is 22.6 Å². The molecule has 0 aliphatic heterocycles. The number of nitrogens with two attached hydrogens (primary N) is 1. The van der Waals surface area contributed by atoms with Crippen LogP contribution in [0.15, 0.2) is 18.2 Å². The molecule has 0 atom stereocenters. The third kappa shape index (κ3) is 2.85. The predicted molar refractivity (Wildman–Crippen MR) is 77.0 cm³/mol. The molecular formula is C14H20ClN3. The molecule has 18 heavy (non-hydrogen) atoms. The van der Waals surface area contributed by atoms with E-state index in [2.05, 4.69) is 22.5 Å². The van der Waals surface area contributed by atoms with E-state index in [1.165, 1.54) is 11.9 Å². The lowest BCUT2D eigenvalue weighted by molar-refractivity contribution is 0.637. The number of fused-ring (bicyclic) bond motifs is 1. The number of nitrogens with zero attached hydrogens (tertiary/aromatic N) is 2. The van der Waals surface area contributed by atoms with E-state index in [0.29, 0.717) is 0 Å². The van der Waals surface area contributed by atoms with E-state index in [1.54, 1.807) is 0 Å². The Morgan fingerprint density at radius 2 is 2.11 bits per heavy atom. The zero-order chi connectivity index (χ0) is 13.0. The fourth-order valence-corrected chi connectivity index (χ4v) is 2.47. The second-order valence-corrected chi connectivity index (χ2v) is 4.94. The summed E-state index contributed by atoms with van der Waals surface area (Å²) < 4.78 is 2.27. The average Bonchev–Trinajstić information content (AvgIpc) is 2.71. The second kappa shape index (κ2) is 6.21. The Kier molecular flexibility index (Phi) is 4.61. The molecule has 2 N–H and O–H groups in total. The zero-order valence-electron chi connectivity index (χ0n) is 10.8. The molecule has 4 heteroatoms. The van der Waals surface area contributed by atoms with Crippen LogP contribution < -0.4 is 5.73 Å². The van der Waals surface area contributed by atoms with Gasteiger partial charge in [-0.15, -0.1) is 0 Å². The Labute approximate surface area is 113 Å². The van der Waals surface area contributed by atoms with Crippen molar-refractivity contribution in [2.45, 2.75) is 39.2 Å². The quantitative estimate of drug-likeness (QED) is 0.814. The van der Waals surface area contributed by atoms with Gasteiger partial charge in [0.05, 0.1) is 11.0 Å². The number of rotatable bonds is 6. The van der Waals surface area contributed by atoms with E-state index in [0.717, 1.165) is 48.7 Å². The number of aryl methyl sites for hydroxylation is 2. The van der Waals surface area contributed by atoms with Gasteiger partial charge in [0.25, 0.3) is 0 Å². The van der Waals surface area contributed by atoms with E-state index in [4.69, 9.17) is 17.3 Å². The summed E-state index contributed by atoms with van der Waals surface area (Å²) in [7, 11) is 0. The summed E-state index contributed by atoms with van der Waals surface area (Å²) in [4.78, 5) is 4.69. The third-order valence-corrected chi connectivity index (χ3v) is 3.45. The number of halogens is 1. The van der Waals surface area contributed by atoms with Gasteiger partial charge in [-0.2, -0.15) is 0 Å². The molecule has 2 rings (SSSR count).